The van der Waals surface area contributed by atoms with Gasteiger partial charge in [-0.1, -0.05) is 36.4 Å². The first-order valence-corrected chi connectivity index (χ1v) is 8.01. The molecule has 0 aliphatic carbocycles. The van der Waals surface area contributed by atoms with Crippen LogP contribution in [0.5, 0.6) is 5.75 Å². The van der Waals surface area contributed by atoms with Crippen LogP contribution in [0.15, 0.2) is 54.6 Å². The first-order valence-electron chi connectivity index (χ1n) is 8.01. The highest BCUT2D eigenvalue weighted by Gasteiger charge is 2.10. The molecular weight excluding hydrogens is 304 g/mol. The fourth-order valence-electron chi connectivity index (χ4n) is 2.24. The number of carbonyl (C=O) groups is 1. The molecule has 5 heteroatoms. The first-order chi connectivity index (χ1) is 11.7. The maximum Gasteiger partial charge on any atom is 0.251 e. The van der Waals surface area contributed by atoms with Crippen LogP contribution in [-0.2, 0) is 4.74 Å². The van der Waals surface area contributed by atoms with Crippen LogP contribution in [0, 0.1) is 0 Å². The SMILES string of the molecule is COCCCOc1cccc(C(=O)NCC(N)c2ccccc2)c1. The molecule has 0 spiro atoms. The summed E-state index contributed by atoms with van der Waals surface area (Å²) in [6.07, 6.45) is 0.804. The Morgan fingerprint density at radius 1 is 1.12 bits per heavy atom. The van der Waals surface area contributed by atoms with E-state index in [1.807, 2.05) is 36.4 Å². The Morgan fingerprint density at radius 2 is 1.92 bits per heavy atom. The molecule has 2 rings (SSSR count). The van der Waals surface area contributed by atoms with Crippen molar-refractivity contribution >= 4 is 5.91 Å². The third-order valence-corrected chi connectivity index (χ3v) is 3.57. The zero-order valence-corrected chi connectivity index (χ0v) is 13.9. The van der Waals surface area contributed by atoms with E-state index in [1.54, 1.807) is 25.3 Å². The molecule has 0 bridgehead atoms. The van der Waals surface area contributed by atoms with Crippen molar-refractivity contribution in [2.24, 2.45) is 5.73 Å². The topological polar surface area (TPSA) is 73.6 Å². The van der Waals surface area contributed by atoms with Crippen molar-refractivity contribution in [1.29, 1.82) is 0 Å². The van der Waals surface area contributed by atoms with Crippen molar-refractivity contribution in [2.75, 3.05) is 26.9 Å². The van der Waals surface area contributed by atoms with Crippen molar-refractivity contribution in [3.05, 3.63) is 65.7 Å². The first kappa shape index (κ1) is 18.0. The lowest BCUT2D eigenvalue weighted by Crippen LogP contribution is -2.31. The quantitative estimate of drug-likeness (QED) is 0.694. The summed E-state index contributed by atoms with van der Waals surface area (Å²) in [7, 11) is 1.66. The van der Waals surface area contributed by atoms with E-state index in [1.165, 1.54) is 0 Å². The van der Waals surface area contributed by atoms with Gasteiger partial charge in [0.2, 0.25) is 0 Å². The third kappa shape index (κ3) is 5.68. The zero-order chi connectivity index (χ0) is 17.2. The molecule has 0 saturated carbocycles. The van der Waals surface area contributed by atoms with Gasteiger partial charge in [-0.05, 0) is 23.8 Å². The number of hydrogen-bond donors (Lipinski definition) is 2. The summed E-state index contributed by atoms with van der Waals surface area (Å²) in [4.78, 5) is 12.3. The number of ether oxygens (including phenoxy) is 2. The summed E-state index contributed by atoms with van der Waals surface area (Å²) < 4.78 is 10.6. The number of amides is 1. The van der Waals surface area contributed by atoms with Crippen LogP contribution in [0.4, 0.5) is 0 Å². The molecule has 0 aliphatic heterocycles. The highest BCUT2D eigenvalue weighted by Crippen LogP contribution is 2.14. The van der Waals surface area contributed by atoms with E-state index in [4.69, 9.17) is 15.2 Å². The largest absolute Gasteiger partial charge is 0.493 e. The van der Waals surface area contributed by atoms with Crippen molar-refractivity contribution in [1.82, 2.24) is 5.32 Å². The molecular formula is C19H24N2O3. The molecule has 1 atom stereocenters. The van der Waals surface area contributed by atoms with Crippen molar-refractivity contribution in [3.63, 3.8) is 0 Å². The lowest BCUT2D eigenvalue weighted by molar-refractivity contribution is 0.0950. The van der Waals surface area contributed by atoms with Gasteiger partial charge >= 0.3 is 0 Å². The number of hydrogen-bond acceptors (Lipinski definition) is 4. The van der Waals surface area contributed by atoms with Crippen molar-refractivity contribution in [2.45, 2.75) is 12.5 Å². The highest BCUT2D eigenvalue weighted by molar-refractivity contribution is 5.94. The molecule has 3 N–H and O–H groups in total. The third-order valence-electron chi connectivity index (χ3n) is 3.57. The van der Waals surface area contributed by atoms with E-state index in [0.717, 1.165) is 12.0 Å². The van der Waals surface area contributed by atoms with Crippen LogP contribution in [0.25, 0.3) is 0 Å². The molecule has 0 fully saturated rings. The molecule has 1 amide bonds. The van der Waals surface area contributed by atoms with Gasteiger partial charge in [0.25, 0.3) is 5.91 Å². The fraction of sp³-hybridized carbons (Fsp3) is 0.316. The highest BCUT2D eigenvalue weighted by atomic mass is 16.5. The smallest absolute Gasteiger partial charge is 0.251 e. The molecule has 1 unspecified atom stereocenters. The monoisotopic (exact) mass is 328 g/mol. The van der Waals surface area contributed by atoms with E-state index in [9.17, 15) is 4.79 Å². The van der Waals surface area contributed by atoms with Gasteiger partial charge in [0.05, 0.1) is 6.61 Å². The van der Waals surface area contributed by atoms with E-state index in [0.29, 0.717) is 31.1 Å². The number of rotatable bonds is 9. The van der Waals surface area contributed by atoms with Crippen molar-refractivity contribution < 1.29 is 14.3 Å². The van der Waals surface area contributed by atoms with Crippen LogP contribution >= 0.6 is 0 Å². The fourth-order valence-corrected chi connectivity index (χ4v) is 2.24. The Bertz CT molecular complexity index is 632. The Labute approximate surface area is 142 Å². The van der Waals surface area contributed by atoms with Gasteiger partial charge in [-0.25, -0.2) is 0 Å². The van der Waals surface area contributed by atoms with Gasteiger partial charge in [0.1, 0.15) is 5.75 Å². The number of nitrogens with one attached hydrogen (secondary N) is 1. The van der Waals surface area contributed by atoms with Gasteiger partial charge in [0.15, 0.2) is 0 Å². The van der Waals surface area contributed by atoms with Crippen LogP contribution < -0.4 is 15.8 Å². The Morgan fingerprint density at radius 3 is 2.67 bits per heavy atom. The van der Waals surface area contributed by atoms with Gasteiger partial charge < -0.3 is 20.5 Å². The van der Waals surface area contributed by atoms with Gasteiger partial charge in [-0.2, -0.15) is 0 Å². The minimum atomic E-state index is -0.233. The molecule has 2 aromatic rings. The van der Waals surface area contributed by atoms with Crippen LogP contribution in [0.3, 0.4) is 0 Å². The second-order valence-corrected chi connectivity index (χ2v) is 5.45. The summed E-state index contributed by atoms with van der Waals surface area (Å²) in [6.45, 7) is 1.58. The lowest BCUT2D eigenvalue weighted by Gasteiger charge is -2.13. The second-order valence-electron chi connectivity index (χ2n) is 5.45. The number of methoxy groups -OCH3 is 1. The zero-order valence-electron chi connectivity index (χ0n) is 13.9. The molecule has 0 aliphatic rings. The van der Waals surface area contributed by atoms with Crippen molar-refractivity contribution in [3.8, 4) is 5.75 Å². The molecule has 128 valence electrons. The van der Waals surface area contributed by atoms with Crippen LogP contribution in [-0.4, -0.2) is 32.8 Å². The van der Waals surface area contributed by atoms with E-state index in [-0.39, 0.29) is 11.9 Å². The van der Waals surface area contributed by atoms with Gasteiger partial charge in [0, 0.05) is 38.3 Å². The van der Waals surface area contributed by atoms with Crippen LogP contribution in [0.1, 0.15) is 28.4 Å². The van der Waals surface area contributed by atoms with Gasteiger partial charge in [-0.3, -0.25) is 4.79 Å². The van der Waals surface area contributed by atoms with E-state index >= 15 is 0 Å². The number of benzene rings is 2. The molecule has 5 nitrogen and oxygen atoms in total. The predicted molar refractivity (Wildman–Crippen MR) is 94.1 cm³/mol. The minimum Gasteiger partial charge on any atom is -0.493 e. The van der Waals surface area contributed by atoms with Gasteiger partial charge in [-0.15, -0.1) is 0 Å². The van der Waals surface area contributed by atoms with E-state index in [2.05, 4.69) is 5.32 Å². The average molecular weight is 328 g/mol. The summed E-state index contributed by atoms with van der Waals surface area (Å²) in [5.74, 6) is 0.509. The van der Waals surface area contributed by atoms with E-state index < -0.39 is 0 Å². The Kier molecular flexibility index (Phi) is 7.26. The molecule has 0 aromatic heterocycles. The Balaban J connectivity index is 1.85. The normalized spacial score (nSPS) is 11.8. The number of carbonyl (C=O) groups excluding carboxylic acids is 1. The summed E-state index contributed by atoms with van der Waals surface area (Å²) >= 11 is 0. The maximum absolute atomic E-state index is 12.3. The lowest BCUT2D eigenvalue weighted by atomic mass is 10.1. The summed E-state index contributed by atoms with van der Waals surface area (Å²) in [5.41, 5.74) is 7.64. The predicted octanol–water partition coefficient (Wildman–Crippen LogP) is 2.53. The summed E-state index contributed by atoms with van der Waals surface area (Å²) in [5, 5.41) is 2.86. The molecule has 24 heavy (non-hydrogen) atoms. The molecule has 0 heterocycles. The standard InChI is InChI=1S/C19H24N2O3/c1-23-11-6-12-24-17-10-5-9-16(13-17)19(22)21-14-18(20)15-7-3-2-4-8-15/h2-5,7-10,13,18H,6,11-12,14,20H2,1H3,(H,21,22). The average Bonchev–Trinajstić information content (AvgIpc) is 2.64. The number of nitrogens with two attached hydrogens (primary N) is 1. The van der Waals surface area contributed by atoms with Crippen LogP contribution in [0.2, 0.25) is 0 Å². The minimum absolute atomic E-state index is 0.163. The molecule has 0 radical (unpaired) electrons. The Hall–Kier alpha value is -2.37. The molecule has 2 aromatic carbocycles. The summed E-state index contributed by atoms with van der Waals surface area (Å²) in [6, 6.07) is 16.6. The second kappa shape index (κ2) is 9.70. The maximum atomic E-state index is 12.3. The molecule has 0 saturated heterocycles.